The molecule has 20 heavy (non-hydrogen) atoms. The molecule has 0 aliphatic heterocycles. The highest BCUT2D eigenvalue weighted by Gasteiger charge is 2.03. The molecule has 0 saturated carbocycles. The van der Waals surface area contributed by atoms with Crippen LogP contribution in [0.3, 0.4) is 0 Å². The number of aryl methyl sites for hydroxylation is 1. The van der Waals surface area contributed by atoms with Crippen molar-refractivity contribution in [2.75, 3.05) is 11.9 Å². The number of benzene rings is 2. The number of rotatable bonds is 4. The Bertz CT molecular complexity index is 713. The van der Waals surface area contributed by atoms with Gasteiger partial charge in [0.05, 0.1) is 0 Å². The number of hydrogen-bond acceptors (Lipinski definition) is 1. The predicted octanol–water partition coefficient (Wildman–Crippen LogP) is 4.82. The Morgan fingerprint density at radius 1 is 1.05 bits per heavy atom. The number of halogens is 1. The lowest BCUT2D eigenvalue weighted by molar-refractivity contribution is 0.757. The Labute approximate surface area is 127 Å². The average Bonchev–Trinajstić information content (AvgIpc) is 2.86. The number of aromatic nitrogens is 1. The van der Waals surface area contributed by atoms with Crippen LogP contribution >= 0.6 is 15.9 Å². The van der Waals surface area contributed by atoms with Crippen LogP contribution in [0.2, 0.25) is 0 Å². The minimum absolute atomic E-state index is 0.916. The van der Waals surface area contributed by atoms with Gasteiger partial charge in [0, 0.05) is 40.3 Å². The molecule has 0 fully saturated rings. The van der Waals surface area contributed by atoms with E-state index in [2.05, 4.69) is 87.5 Å². The standard InChI is InChI=1S/C17H17BrN2/c1-13-5-7-14(8-6-13)19-10-12-20-11-9-15-16(18)3-2-4-17(15)20/h2-9,11,19H,10,12H2,1H3. The monoisotopic (exact) mass is 328 g/mol. The molecule has 0 aliphatic rings. The third-order valence-corrected chi connectivity index (χ3v) is 4.19. The summed E-state index contributed by atoms with van der Waals surface area (Å²) < 4.78 is 3.43. The fourth-order valence-electron chi connectivity index (χ4n) is 2.37. The van der Waals surface area contributed by atoms with E-state index >= 15 is 0 Å². The van der Waals surface area contributed by atoms with E-state index in [-0.39, 0.29) is 0 Å². The molecule has 3 rings (SSSR count). The molecule has 2 aromatic carbocycles. The summed E-state index contributed by atoms with van der Waals surface area (Å²) in [6.45, 7) is 3.97. The van der Waals surface area contributed by atoms with Crippen molar-refractivity contribution in [2.45, 2.75) is 13.5 Å². The predicted molar refractivity (Wildman–Crippen MR) is 89.3 cm³/mol. The topological polar surface area (TPSA) is 17.0 Å². The van der Waals surface area contributed by atoms with Crippen molar-refractivity contribution in [1.29, 1.82) is 0 Å². The molecule has 0 radical (unpaired) electrons. The molecule has 0 unspecified atom stereocenters. The number of nitrogens with one attached hydrogen (secondary N) is 1. The summed E-state index contributed by atoms with van der Waals surface area (Å²) in [5.41, 5.74) is 3.73. The van der Waals surface area contributed by atoms with E-state index in [1.54, 1.807) is 0 Å². The molecule has 0 aliphatic carbocycles. The molecule has 3 heteroatoms. The molecule has 1 N–H and O–H groups in total. The molecule has 3 aromatic rings. The average molecular weight is 329 g/mol. The molecule has 102 valence electrons. The molecule has 0 bridgehead atoms. The maximum absolute atomic E-state index is 3.59. The largest absolute Gasteiger partial charge is 0.383 e. The van der Waals surface area contributed by atoms with Crippen LogP contribution in [0.25, 0.3) is 10.9 Å². The van der Waals surface area contributed by atoms with Crippen LogP contribution in [0.1, 0.15) is 5.56 Å². The zero-order chi connectivity index (χ0) is 13.9. The highest BCUT2D eigenvalue weighted by atomic mass is 79.9. The van der Waals surface area contributed by atoms with Crippen LogP contribution in [0.5, 0.6) is 0 Å². The first-order valence-electron chi connectivity index (χ1n) is 6.78. The summed E-state index contributed by atoms with van der Waals surface area (Å²) in [6.07, 6.45) is 2.15. The second-order valence-electron chi connectivity index (χ2n) is 4.97. The normalized spacial score (nSPS) is 10.9. The molecule has 1 heterocycles. The van der Waals surface area contributed by atoms with Crippen molar-refractivity contribution >= 4 is 32.5 Å². The Kier molecular flexibility index (Phi) is 3.79. The van der Waals surface area contributed by atoms with Gasteiger partial charge in [-0.05, 0) is 37.3 Å². The number of anilines is 1. The van der Waals surface area contributed by atoms with E-state index in [0.717, 1.165) is 17.6 Å². The zero-order valence-electron chi connectivity index (χ0n) is 11.4. The van der Waals surface area contributed by atoms with Crippen molar-refractivity contribution < 1.29 is 0 Å². The van der Waals surface area contributed by atoms with Crippen molar-refractivity contribution in [3.63, 3.8) is 0 Å². The van der Waals surface area contributed by atoms with Gasteiger partial charge in [-0.2, -0.15) is 0 Å². The minimum Gasteiger partial charge on any atom is -0.383 e. The Morgan fingerprint density at radius 3 is 2.65 bits per heavy atom. The third kappa shape index (κ3) is 2.73. The van der Waals surface area contributed by atoms with Gasteiger partial charge in [-0.15, -0.1) is 0 Å². The maximum Gasteiger partial charge on any atom is 0.0492 e. The van der Waals surface area contributed by atoms with Crippen LogP contribution in [-0.4, -0.2) is 11.1 Å². The van der Waals surface area contributed by atoms with Gasteiger partial charge in [0.2, 0.25) is 0 Å². The third-order valence-electron chi connectivity index (χ3n) is 3.49. The van der Waals surface area contributed by atoms with Gasteiger partial charge in [-0.25, -0.2) is 0 Å². The summed E-state index contributed by atoms with van der Waals surface area (Å²) in [5, 5.41) is 4.72. The Morgan fingerprint density at radius 2 is 1.85 bits per heavy atom. The van der Waals surface area contributed by atoms with Crippen LogP contribution in [0.4, 0.5) is 5.69 Å². The van der Waals surface area contributed by atoms with Gasteiger partial charge in [0.15, 0.2) is 0 Å². The van der Waals surface area contributed by atoms with Crippen LogP contribution < -0.4 is 5.32 Å². The van der Waals surface area contributed by atoms with Crippen molar-refractivity contribution in [1.82, 2.24) is 4.57 Å². The molecular formula is C17H17BrN2. The summed E-state index contributed by atoms with van der Waals surface area (Å²) in [4.78, 5) is 0. The maximum atomic E-state index is 3.59. The van der Waals surface area contributed by atoms with Crippen LogP contribution in [0, 0.1) is 6.92 Å². The quantitative estimate of drug-likeness (QED) is 0.726. The number of hydrogen-bond donors (Lipinski definition) is 1. The lowest BCUT2D eigenvalue weighted by Crippen LogP contribution is -2.09. The highest BCUT2D eigenvalue weighted by Crippen LogP contribution is 2.24. The van der Waals surface area contributed by atoms with Crippen molar-refractivity contribution in [2.24, 2.45) is 0 Å². The number of fused-ring (bicyclic) bond motifs is 1. The molecule has 0 spiro atoms. The first-order valence-corrected chi connectivity index (χ1v) is 7.57. The van der Waals surface area contributed by atoms with Gasteiger partial charge in [-0.1, -0.05) is 39.7 Å². The van der Waals surface area contributed by atoms with E-state index in [1.807, 2.05) is 0 Å². The lowest BCUT2D eigenvalue weighted by atomic mass is 10.2. The number of nitrogens with zero attached hydrogens (tertiary/aromatic N) is 1. The fourth-order valence-corrected chi connectivity index (χ4v) is 2.86. The van der Waals surface area contributed by atoms with E-state index in [9.17, 15) is 0 Å². The molecule has 1 aromatic heterocycles. The first kappa shape index (κ1) is 13.3. The summed E-state index contributed by atoms with van der Waals surface area (Å²) >= 11 is 3.59. The fraction of sp³-hybridized carbons (Fsp3) is 0.176. The first-order chi connectivity index (χ1) is 9.74. The van der Waals surface area contributed by atoms with Crippen LogP contribution in [0.15, 0.2) is 59.2 Å². The smallest absolute Gasteiger partial charge is 0.0492 e. The molecular weight excluding hydrogens is 312 g/mol. The van der Waals surface area contributed by atoms with E-state index in [0.29, 0.717) is 0 Å². The Balaban J connectivity index is 1.68. The Hall–Kier alpha value is -1.74. The van der Waals surface area contributed by atoms with Crippen molar-refractivity contribution in [3.05, 3.63) is 64.8 Å². The van der Waals surface area contributed by atoms with Gasteiger partial charge in [0.25, 0.3) is 0 Å². The van der Waals surface area contributed by atoms with Crippen LogP contribution in [-0.2, 0) is 6.54 Å². The molecule has 0 atom stereocenters. The van der Waals surface area contributed by atoms with Gasteiger partial charge >= 0.3 is 0 Å². The second-order valence-corrected chi connectivity index (χ2v) is 5.83. The van der Waals surface area contributed by atoms with Gasteiger partial charge in [-0.3, -0.25) is 0 Å². The van der Waals surface area contributed by atoms with E-state index < -0.39 is 0 Å². The summed E-state index contributed by atoms with van der Waals surface area (Å²) in [6, 6.07) is 17.0. The van der Waals surface area contributed by atoms with E-state index in [1.165, 1.54) is 22.2 Å². The molecule has 0 saturated heterocycles. The molecule has 2 nitrogen and oxygen atoms in total. The SMILES string of the molecule is Cc1ccc(NCCn2ccc3c(Br)cccc32)cc1. The van der Waals surface area contributed by atoms with Gasteiger partial charge < -0.3 is 9.88 Å². The summed E-state index contributed by atoms with van der Waals surface area (Å²) in [5.74, 6) is 0. The van der Waals surface area contributed by atoms with E-state index in [4.69, 9.17) is 0 Å². The minimum atomic E-state index is 0.916. The van der Waals surface area contributed by atoms with Crippen molar-refractivity contribution in [3.8, 4) is 0 Å². The lowest BCUT2D eigenvalue weighted by Gasteiger charge is -2.09. The zero-order valence-corrected chi connectivity index (χ0v) is 13.0. The highest BCUT2D eigenvalue weighted by molar-refractivity contribution is 9.10. The summed E-state index contributed by atoms with van der Waals surface area (Å²) in [7, 11) is 0. The second kappa shape index (κ2) is 5.71. The van der Waals surface area contributed by atoms with Gasteiger partial charge in [0.1, 0.15) is 0 Å². The molecule has 0 amide bonds.